The molecule has 4 rings (SSSR count). The van der Waals surface area contributed by atoms with Gasteiger partial charge in [0, 0.05) is 24.2 Å². The van der Waals surface area contributed by atoms with Crippen molar-refractivity contribution in [1.29, 1.82) is 0 Å². The lowest BCUT2D eigenvalue weighted by Crippen LogP contribution is -2.29. The minimum Gasteiger partial charge on any atom is -0.406 e. The topological polar surface area (TPSA) is 119 Å². The van der Waals surface area contributed by atoms with Crippen molar-refractivity contribution in [2.75, 3.05) is 0 Å². The van der Waals surface area contributed by atoms with Crippen molar-refractivity contribution in [1.82, 2.24) is 19.1 Å². The van der Waals surface area contributed by atoms with Crippen LogP contribution in [0.2, 0.25) is 5.02 Å². The number of fused-ring (bicyclic) bond motifs is 1. The summed E-state index contributed by atoms with van der Waals surface area (Å²) in [6.07, 6.45) is -5.48. The first kappa shape index (κ1) is 26.2. The van der Waals surface area contributed by atoms with Gasteiger partial charge in [0.15, 0.2) is 17.0 Å². The maximum Gasteiger partial charge on any atom is 0.573 e. The number of carbonyl (C=O) groups excluding carboxylic acids is 1. The monoisotopic (exact) mass is 536 g/mol. The minimum absolute atomic E-state index is 0.0493. The molecule has 0 saturated carbocycles. The summed E-state index contributed by atoms with van der Waals surface area (Å²) in [6.45, 7) is -0.0493. The number of carbonyl (C=O) groups is 1. The Kier molecular flexibility index (Phi) is 7.23. The van der Waals surface area contributed by atoms with E-state index < -0.39 is 35.2 Å². The molecule has 2 N–H and O–H groups in total. The van der Waals surface area contributed by atoms with Gasteiger partial charge in [-0.2, -0.15) is 0 Å². The third-order valence-electron chi connectivity index (χ3n) is 5.61. The number of ether oxygens (including phenoxy) is 1. The van der Waals surface area contributed by atoms with E-state index in [9.17, 15) is 32.7 Å². The molecule has 9 nitrogen and oxygen atoms in total. The van der Waals surface area contributed by atoms with E-state index in [0.717, 1.165) is 22.3 Å². The lowest BCUT2D eigenvalue weighted by atomic mass is 10.1. The van der Waals surface area contributed by atoms with Crippen LogP contribution in [0, 0.1) is 0 Å². The molecule has 0 aliphatic heterocycles. The Labute approximate surface area is 211 Å². The summed E-state index contributed by atoms with van der Waals surface area (Å²) < 4.78 is 44.1. The van der Waals surface area contributed by atoms with Crippen LogP contribution < -0.4 is 16.0 Å². The van der Waals surface area contributed by atoms with E-state index in [2.05, 4.69) is 14.7 Å². The molecule has 0 bridgehead atoms. The molecular formula is C24H20ClF3N4O5. The fourth-order valence-electron chi connectivity index (χ4n) is 3.86. The van der Waals surface area contributed by atoms with E-state index in [4.69, 9.17) is 11.6 Å². The number of aliphatic hydroxyl groups excluding tert-OH is 1. The molecule has 0 fully saturated rings. The lowest BCUT2D eigenvalue weighted by molar-refractivity contribution is -0.274. The van der Waals surface area contributed by atoms with Crippen LogP contribution in [0.25, 0.3) is 11.2 Å². The molecule has 0 spiro atoms. The van der Waals surface area contributed by atoms with Crippen molar-refractivity contribution < 1.29 is 27.8 Å². The van der Waals surface area contributed by atoms with Gasteiger partial charge in [0.1, 0.15) is 5.75 Å². The quantitative estimate of drug-likeness (QED) is 0.334. The van der Waals surface area contributed by atoms with Crippen molar-refractivity contribution in [3.05, 3.63) is 91.3 Å². The largest absolute Gasteiger partial charge is 0.573 e. The van der Waals surface area contributed by atoms with Crippen LogP contribution in [0.4, 0.5) is 13.2 Å². The number of aromatic amines is 1. The van der Waals surface area contributed by atoms with Gasteiger partial charge in [0.05, 0.1) is 6.10 Å². The zero-order chi connectivity index (χ0) is 26.9. The van der Waals surface area contributed by atoms with E-state index in [-0.39, 0.29) is 41.9 Å². The van der Waals surface area contributed by atoms with E-state index in [1.54, 1.807) is 24.3 Å². The Morgan fingerprint density at radius 3 is 2.57 bits per heavy atom. The fourth-order valence-corrected chi connectivity index (χ4v) is 3.99. The van der Waals surface area contributed by atoms with Gasteiger partial charge in [-0.3, -0.25) is 19.1 Å². The molecule has 0 aliphatic rings. The van der Waals surface area contributed by atoms with Crippen molar-refractivity contribution >= 4 is 28.5 Å². The summed E-state index contributed by atoms with van der Waals surface area (Å²) in [6, 6.07) is 11.3. The Balaban J connectivity index is 1.71. The van der Waals surface area contributed by atoms with Crippen molar-refractivity contribution in [3.8, 4) is 5.75 Å². The second-order valence-corrected chi connectivity index (χ2v) is 8.69. The highest BCUT2D eigenvalue weighted by Crippen LogP contribution is 2.25. The molecular weight excluding hydrogens is 517 g/mol. The summed E-state index contributed by atoms with van der Waals surface area (Å²) in [5.74, 6) is -1.70. The van der Waals surface area contributed by atoms with Crippen molar-refractivity contribution in [2.45, 2.75) is 31.9 Å². The zero-order valence-electron chi connectivity index (χ0n) is 19.3. The van der Waals surface area contributed by atoms with Gasteiger partial charge < -0.3 is 14.4 Å². The molecule has 0 saturated heterocycles. The number of hydrogen-bond donors (Lipinski definition) is 2. The number of alkyl halides is 3. The number of benzene rings is 2. The number of rotatable bonds is 8. The van der Waals surface area contributed by atoms with Crippen LogP contribution in [0.3, 0.4) is 0 Å². The molecule has 37 heavy (non-hydrogen) atoms. The normalized spacial score (nSPS) is 12.6. The van der Waals surface area contributed by atoms with Gasteiger partial charge in [0.2, 0.25) is 5.78 Å². The second-order valence-electron chi connectivity index (χ2n) is 8.26. The standard InChI is InChI=1S/C24H20ClF3N4O5/c1-31-20-18(22(35)30-23(31)36)32(10-9-16(33)11-13-5-7-15(25)8-6-13)21(29-20)19(34)14-3-2-4-17(12-14)37-24(26,27)28/h2-8,12,16,33H,9-11H2,1H3,(H,30,35,36). The highest BCUT2D eigenvalue weighted by atomic mass is 35.5. The maximum absolute atomic E-state index is 13.3. The maximum atomic E-state index is 13.3. The number of nitrogens with zero attached hydrogens (tertiary/aromatic N) is 3. The number of nitrogens with one attached hydrogen (secondary N) is 1. The summed E-state index contributed by atoms with van der Waals surface area (Å²) in [5, 5.41) is 11.1. The van der Waals surface area contributed by atoms with Gasteiger partial charge in [-0.05, 0) is 42.7 Å². The van der Waals surface area contributed by atoms with Gasteiger partial charge in [-0.15, -0.1) is 13.2 Å². The summed E-state index contributed by atoms with van der Waals surface area (Å²) >= 11 is 5.88. The third-order valence-corrected chi connectivity index (χ3v) is 5.86. The Hall–Kier alpha value is -3.90. The van der Waals surface area contributed by atoms with Gasteiger partial charge in [-0.1, -0.05) is 35.9 Å². The lowest BCUT2D eigenvalue weighted by Gasteiger charge is -2.14. The minimum atomic E-state index is -4.96. The van der Waals surface area contributed by atoms with E-state index in [0.29, 0.717) is 5.02 Å². The van der Waals surface area contributed by atoms with Crippen molar-refractivity contribution in [3.63, 3.8) is 0 Å². The predicted molar refractivity (Wildman–Crippen MR) is 128 cm³/mol. The molecule has 194 valence electrons. The number of aliphatic hydroxyl groups is 1. The fraction of sp³-hybridized carbons (Fsp3) is 0.250. The van der Waals surface area contributed by atoms with Crippen LogP contribution in [0.15, 0.2) is 58.1 Å². The molecule has 1 unspecified atom stereocenters. The van der Waals surface area contributed by atoms with Gasteiger partial charge >= 0.3 is 12.1 Å². The molecule has 4 aromatic rings. The number of ketones is 1. The van der Waals surface area contributed by atoms with Crippen molar-refractivity contribution in [2.24, 2.45) is 7.05 Å². The Morgan fingerprint density at radius 2 is 1.89 bits per heavy atom. The zero-order valence-corrected chi connectivity index (χ0v) is 20.0. The summed E-state index contributed by atoms with van der Waals surface area (Å²) in [5.41, 5.74) is -1.11. The highest BCUT2D eigenvalue weighted by Gasteiger charge is 2.31. The molecule has 0 radical (unpaired) electrons. The predicted octanol–water partition coefficient (Wildman–Crippen LogP) is 3.20. The Morgan fingerprint density at radius 1 is 1.19 bits per heavy atom. The first-order valence-corrected chi connectivity index (χ1v) is 11.3. The van der Waals surface area contributed by atoms with E-state index >= 15 is 0 Å². The average molecular weight is 537 g/mol. The van der Waals surface area contributed by atoms with E-state index in [1.807, 2.05) is 0 Å². The number of H-pyrrole nitrogens is 1. The molecule has 2 heterocycles. The molecule has 13 heteroatoms. The first-order valence-electron chi connectivity index (χ1n) is 11.0. The number of aromatic nitrogens is 4. The highest BCUT2D eigenvalue weighted by molar-refractivity contribution is 6.30. The average Bonchev–Trinajstić information content (AvgIpc) is 3.21. The number of aryl methyl sites for hydroxylation is 2. The molecule has 2 aromatic carbocycles. The molecule has 0 aliphatic carbocycles. The number of imidazole rings is 1. The van der Waals surface area contributed by atoms with Gasteiger partial charge in [-0.25, -0.2) is 9.78 Å². The summed E-state index contributed by atoms with van der Waals surface area (Å²) in [4.78, 5) is 44.4. The number of halogens is 4. The van der Waals surface area contributed by atoms with Crippen LogP contribution in [0.5, 0.6) is 5.75 Å². The van der Waals surface area contributed by atoms with Crippen LogP contribution in [-0.2, 0) is 20.0 Å². The molecule has 1 atom stereocenters. The SMILES string of the molecule is Cn1c(=O)[nH]c(=O)c2c1nc(C(=O)c1cccc(OC(F)(F)F)c1)n2CCC(O)Cc1ccc(Cl)cc1. The van der Waals surface area contributed by atoms with Crippen LogP contribution >= 0.6 is 11.6 Å². The Bertz CT molecular complexity index is 1570. The smallest absolute Gasteiger partial charge is 0.406 e. The first-order chi connectivity index (χ1) is 17.4. The third kappa shape index (κ3) is 5.92. The van der Waals surface area contributed by atoms with E-state index in [1.165, 1.54) is 23.7 Å². The van der Waals surface area contributed by atoms with Crippen LogP contribution in [-0.4, -0.2) is 42.5 Å². The summed E-state index contributed by atoms with van der Waals surface area (Å²) in [7, 11) is 1.35. The van der Waals surface area contributed by atoms with Gasteiger partial charge in [0.25, 0.3) is 5.56 Å². The molecule has 2 aromatic heterocycles. The molecule has 0 amide bonds. The van der Waals surface area contributed by atoms with Crippen LogP contribution in [0.1, 0.15) is 28.2 Å². The second kappa shape index (κ2) is 10.2. The number of hydrogen-bond acceptors (Lipinski definition) is 6.